The Morgan fingerprint density at radius 2 is 2.06 bits per heavy atom. The number of benzene rings is 1. The first-order valence-electron chi connectivity index (χ1n) is 7.38. The van der Waals surface area contributed by atoms with Crippen molar-refractivity contribution in [2.45, 2.75) is 45.2 Å². The molecule has 1 aromatic carbocycles. The molecule has 2 aliphatic rings. The Morgan fingerprint density at radius 3 is 2.61 bits per heavy atom. The van der Waals surface area contributed by atoms with E-state index in [-0.39, 0.29) is 0 Å². The van der Waals surface area contributed by atoms with Gasteiger partial charge in [0.2, 0.25) is 0 Å². The second-order valence-corrected chi connectivity index (χ2v) is 5.86. The first-order valence-corrected chi connectivity index (χ1v) is 7.38. The molecular formula is C16H24N2. The van der Waals surface area contributed by atoms with Gasteiger partial charge in [-0.3, -0.25) is 0 Å². The fraction of sp³-hybridized carbons (Fsp3) is 0.625. The van der Waals surface area contributed by atoms with Crippen LogP contribution in [-0.4, -0.2) is 19.1 Å². The van der Waals surface area contributed by atoms with Gasteiger partial charge < -0.3 is 10.2 Å². The lowest BCUT2D eigenvalue weighted by atomic mass is 10.1. The Balaban J connectivity index is 1.71. The average molecular weight is 244 g/mol. The molecule has 1 aliphatic carbocycles. The second kappa shape index (κ2) is 4.93. The number of rotatable bonds is 4. The molecule has 3 atom stereocenters. The van der Waals surface area contributed by atoms with Gasteiger partial charge in [0.05, 0.1) is 0 Å². The zero-order valence-electron chi connectivity index (χ0n) is 11.5. The predicted octanol–water partition coefficient (Wildman–Crippen LogP) is 3.35. The van der Waals surface area contributed by atoms with Crippen molar-refractivity contribution in [3.63, 3.8) is 0 Å². The van der Waals surface area contributed by atoms with E-state index < -0.39 is 0 Å². The Hall–Kier alpha value is -1.02. The average Bonchev–Trinajstić information content (AvgIpc) is 3.01. The molecule has 18 heavy (non-hydrogen) atoms. The highest BCUT2D eigenvalue weighted by molar-refractivity contribution is 5.50. The molecule has 0 radical (unpaired) electrons. The van der Waals surface area contributed by atoms with Crippen LogP contribution in [0.25, 0.3) is 0 Å². The predicted molar refractivity (Wildman–Crippen MR) is 77.0 cm³/mol. The quantitative estimate of drug-likeness (QED) is 0.874. The van der Waals surface area contributed by atoms with Crippen molar-refractivity contribution < 1.29 is 0 Å². The highest BCUT2D eigenvalue weighted by atomic mass is 15.2. The molecule has 2 nitrogen and oxygen atoms in total. The summed E-state index contributed by atoms with van der Waals surface area (Å²) in [6.07, 6.45) is 4.28. The molecule has 1 heterocycles. The minimum absolute atomic E-state index is 0.457. The molecule has 1 aliphatic heterocycles. The molecule has 3 unspecified atom stereocenters. The van der Waals surface area contributed by atoms with E-state index in [9.17, 15) is 0 Å². The summed E-state index contributed by atoms with van der Waals surface area (Å²) in [6.45, 7) is 6.70. The molecule has 2 heteroatoms. The minimum atomic E-state index is 0.457. The zero-order chi connectivity index (χ0) is 12.5. The highest BCUT2D eigenvalue weighted by Gasteiger charge is 2.37. The molecule has 2 fully saturated rings. The molecule has 1 aromatic rings. The molecule has 1 saturated heterocycles. The number of hydrogen-bond donors (Lipinski definition) is 1. The summed E-state index contributed by atoms with van der Waals surface area (Å²) in [6, 6.07) is 10.5. The van der Waals surface area contributed by atoms with E-state index in [2.05, 4.69) is 48.3 Å². The van der Waals surface area contributed by atoms with Crippen molar-refractivity contribution in [1.29, 1.82) is 0 Å². The SMILES string of the molecule is CCNC(C)c1ccc(N2CC3CCC2C3)cc1. The number of nitrogens with one attached hydrogen (secondary N) is 1. The fourth-order valence-electron chi connectivity index (χ4n) is 3.62. The maximum atomic E-state index is 3.46. The molecule has 0 amide bonds. The van der Waals surface area contributed by atoms with Crippen molar-refractivity contribution in [3.05, 3.63) is 29.8 Å². The molecule has 0 aromatic heterocycles. The zero-order valence-corrected chi connectivity index (χ0v) is 11.5. The van der Waals surface area contributed by atoms with Crippen molar-refractivity contribution in [2.75, 3.05) is 18.0 Å². The largest absolute Gasteiger partial charge is 0.368 e. The Kier molecular flexibility index (Phi) is 3.29. The molecule has 3 rings (SSSR count). The van der Waals surface area contributed by atoms with Crippen molar-refractivity contribution in [2.24, 2.45) is 5.92 Å². The van der Waals surface area contributed by atoms with Gasteiger partial charge in [-0.2, -0.15) is 0 Å². The summed E-state index contributed by atoms with van der Waals surface area (Å²) in [5.41, 5.74) is 2.82. The molecule has 1 N–H and O–H groups in total. The lowest BCUT2D eigenvalue weighted by Gasteiger charge is -2.29. The highest BCUT2D eigenvalue weighted by Crippen LogP contribution is 2.40. The summed E-state index contributed by atoms with van der Waals surface area (Å²) in [4.78, 5) is 2.62. The van der Waals surface area contributed by atoms with E-state index in [0.29, 0.717) is 6.04 Å². The molecule has 2 bridgehead atoms. The lowest BCUT2D eigenvalue weighted by Crippen LogP contribution is -2.31. The van der Waals surface area contributed by atoms with Crippen LogP contribution in [0.15, 0.2) is 24.3 Å². The third-order valence-corrected chi connectivity index (χ3v) is 4.64. The van der Waals surface area contributed by atoms with Crippen LogP contribution in [0.3, 0.4) is 0 Å². The van der Waals surface area contributed by atoms with Crippen LogP contribution in [-0.2, 0) is 0 Å². The van der Waals surface area contributed by atoms with Gasteiger partial charge in [0.25, 0.3) is 0 Å². The van der Waals surface area contributed by atoms with Gasteiger partial charge in [-0.15, -0.1) is 0 Å². The summed E-state index contributed by atoms with van der Waals surface area (Å²) in [7, 11) is 0. The first-order chi connectivity index (χ1) is 8.78. The number of piperidine rings is 1. The van der Waals surface area contributed by atoms with Crippen LogP contribution in [0.1, 0.15) is 44.7 Å². The van der Waals surface area contributed by atoms with Crippen molar-refractivity contribution in [3.8, 4) is 0 Å². The smallest absolute Gasteiger partial charge is 0.0369 e. The van der Waals surface area contributed by atoms with Crippen molar-refractivity contribution in [1.82, 2.24) is 5.32 Å². The number of fused-ring (bicyclic) bond motifs is 2. The molecule has 1 saturated carbocycles. The summed E-state index contributed by atoms with van der Waals surface area (Å²) in [5.74, 6) is 0.968. The topological polar surface area (TPSA) is 15.3 Å². The maximum Gasteiger partial charge on any atom is 0.0369 e. The van der Waals surface area contributed by atoms with Gasteiger partial charge in [0.1, 0.15) is 0 Å². The van der Waals surface area contributed by atoms with Crippen LogP contribution in [0, 0.1) is 5.92 Å². The number of nitrogens with zero attached hydrogens (tertiary/aromatic N) is 1. The van der Waals surface area contributed by atoms with E-state index in [1.54, 1.807) is 0 Å². The van der Waals surface area contributed by atoms with Gasteiger partial charge in [-0.1, -0.05) is 19.1 Å². The Bertz CT molecular complexity index is 398. The normalized spacial score (nSPS) is 27.8. The van der Waals surface area contributed by atoms with E-state index in [0.717, 1.165) is 18.5 Å². The fourth-order valence-corrected chi connectivity index (χ4v) is 3.62. The van der Waals surface area contributed by atoms with Crippen LogP contribution in [0.4, 0.5) is 5.69 Å². The van der Waals surface area contributed by atoms with Gasteiger partial charge in [-0.25, -0.2) is 0 Å². The Morgan fingerprint density at radius 1 is 1.28 bits per heavy atom. The summed E-state index contributed by atoms with van der Waals surface area (Å²) < 4.78 is 0. The number of anilines is 1. The molecular weight excluding hydrogens is 220 g/mol. The van der Waals surface area contributed by atoms with Gasteiger partial charge in [-0.05, 0) is 56.3 Å². The molecule has 0 spiro atoms. The standard InChI is InChI=1S/C16H24N2/c1-3-17-12(2)14-5-8-15(9-6-14)18-11-13-4-7-16(18)10-13/h5-6,8-9,12-13,16-17H,3-4,7,10-11H2,1-2H3. The van der Waals surface area contributed by atoms with Gasteiger partial charge in [0.15, 0.2) is 0 Å². The van der Waals surface area contributed by atoms with Gasteiger partial charge in [0, 0.05) is 24.3 Å². The molecule has 98 valence electrons. The lowest BCUT2D eigenvalue weighted by molar-refractivity contribution is 0.553. The van der Waals surface area contributed by atoms with Crippen LogP contribution >= 0.6 is 0 Å². The van der Waals surface area contributed by atoms with Crippen molar-refractivity contribution >= 4 is 5.69 Å². The Labute approximate surface area is 110 Å². The monoisotopic (exact) mass is 244 g/mol. The van der Waals surface area contributed by atoms with E-state index in [1.807, 2.05) is 0 Å². The van der Waals surface area contributed by atoms with Crippen LogP contribution in [0.2, 0.25) is 0 Å². The third kappa shape index (κ3) is 2.14. The van der Waals surface area contributed by atoms with Crippen LogP contribution < -0.4 is 10.2 Å². The third-order valence-electron chi connectivity index (χ3n) is 4.64. The van der Waals surface area contributed by atoms with E-state index in [4.69, 9.17) is 0 Å². The summed E-state index contributed by atoms with van der Waals surface area (Å²) >= 11 is 0. The summed E-state index contributed by atoms with van der Waals surface area (Å²) in [5, 5.41) is 3.46. The number of hydrogen-bond acceptors (Lipinski definition) is 2. The second-order valence-electron chi connectivity index (χ2n) is 5.86. The minimum Gasteiger partial charge on any atom is -0.368 e. The van der Waals surface area contributed by atoms with Crippen LogP contribution in [0.5, 0.6) is 0 Å². The van der Waals surface area contributed by atoms with Gasteiger partial charge >= 0.3 is 0 Å². The first kappa shape index (κ1) is 12.0. The van der Waals surface area contributed by atoms with E-state index >= 15 is 0 Å². The maximum absolute atomic E-state index is 3.46. The van der Waals surface area contributed by atoms with E-state index in [1.165, 1.54) is 37.1 Å².